The molecule has 4 rings (SSSR count). The Morgan fingerprint density at radius 2 is 1.36 bits per heavy atom. The van der Waals surface area contributed by atoms with Gasteiger partial charge in [0.15, 0.2) is 23.6 Å². The fourth-order valence-electron chi connectivity index (χ4n) is 3.94. The van der Waals surface area contributed by atoms with E-state index in [0.717, 1.165) is 5.39 Å². The predicted octanol–water partition coefficient (Wildman–Crippen LogP) is 5.87. The summed E-state index contributed by atoms with van der Waals surface area (Å²) >= 11 is 0. The molecule has 0 amide bonds. The molecule has 0 spiro atoms. The zero-order chi connectivity index (χ0) is 23.4. The topological polar surface area (TPSA) is 68.3 Å². The van der Waals surface area contributed by atoms with Gasteiger partial charge >= 0.3 is 0 Å². The molecule has 0 bridgehead atoms. The summed E-state index contributed by atoms with van der Waals surface area (Å²) in [4.78, 5) is 52.4. The minimum atomic E-state index is -0.490. The van der Waals surface area contributed by atoms with Crippen LogP contribution >= 0.6 is 0 Å². The van der Waals surface area contributed by atoms with Crippen LogP contribution in [-0.4, -0.2) is 23.6 Å². The number of hydrogen-bond acceptors (Lipinski definition) is 4. The van der Waals surface area contributed by atoms with E-state index in [1.807, 2.05) is 30.3 Å². The largest absolute Gasteiger partial charge is 0.298 e. The molecule has 0 heterocycles. The molecule has 4 aromatic carbocycles. The van der Waals surface area contributed by atoms with Gasteiger partial charge in [-0.05, 0) is 29.8 Å². The SMILES string of the molecule is C/C=C/C(=O)c1ccc(C=O)c(C(=O)c2cccc3ccccc23)c1C(=O)c1ccccc1. The van der Waals surface area contributed by atoms with Crippen LogP contribution in [0.2, 0.25) is 0 Å². The summed E-state index contributed by atoms with van der Waals surface area (Å²) in [6.07, 6.45) is 3.45. The second kappa shape index (κ2) is 9.37. The van der Waals surface area contributed by atoms with Crippen molar-refractivity contribution in [3.8, 4) is 0 Å². The lowest BCUT2D eigenvalue weighted by Gasteiger charge is -2.15. The number of aldehydes is 1. The van der Waals surface area contributed by atoms with Crippen molar-refractivity contribution in [3.05, 3.63) is 130 Å². The van der Waals surface area contributed by atoms with Gasteiger partial charge in [-0.2, -0.15) is 0 Å². The highest BCUT2D eigenvalue weighted by Gasteiger charge is 2.28. The molecule has 0 radical (unpaired) electrons. The molecule has 0 aliphatic carbocycles. The first-order valence-electron chi connectivity index (χ1n) is 10.5. The third-order valence-electron chi connectivity index (χ3n) is 5.47. The summed E-state index contributed by atoms with van der Waals surface area (Å²) in [6, 6.07) is 24.0. The first-order valence-corrected chi connectivity index (χ1v) is 10.5. The van der Waals surface area contributed by atoms with E-state index in [1.165, 1.54) is 18.2 Å². The third-order valence-corrected chi connectivity index (χ3v) is 5.47. The van der Waals surface area contributed by atoms with Gasteiger partial charge in [-0.1, -0.05) is 84.9 Å². The number of allylic oxidation sites excluding steroid dienone is 2. The Labute approximate surface area is 191 Å². The van der Waals surface area contributed by atoms with Gasteiger partial charge in [0.1, 0.15) is 0 Å². The second-order valence-electron chi connectivity index (χ2n) is 7.49. The molecule has 0 N–H and O–H groups in total. The third kappa shape index (κ3) is 4.06. The number of ketones is 3. The molecule has 160 valence electrons. The van der Waals surface area contributed by atoms with Crippen LogP contribution in [0.5, 0.6) is 0 Å². The summed E-state index contributed by atoms with van der Waals surface area (Å²) in [5, 5.41) is 1.55. The van der Waals surface area contributed by atoms with Crippen molar-refractivity contribution in [1.29, 1.82) is 0 Å². The Morgan fingerprint density at radius 1 is 0.667 bits per heavy atom. The van der Waals surface area contributed by atoms with Gasteiger partial charge in [0, 0.05) is 33.4 Å². The number of hydrogen-bond donors (Lipinski definition) is 0. The molecule has 0 aromatic heterocycles. The summed E-state index contributed by atoms with van der Waals surface area (Å²) in [7, 11) is 0. The van der Waals surface area contributed by atoms with E-state index in [2.05, 4.69) is 0 Å². The van der Waals surface area contributed by atoms with Gasteiger partial charge in [0.25, 0.3) is 0 Å². The van der Waals surface area contributed by atoms with Crippen LogP contribution in [0.1, 0.15) is 59.5 Å². The van der Waals surface area contributed by atoms with Crippen LogP contribution in [0.15, 0.2) is 97.1 Å². The Morgan fingerprint density at radius 3 is 2.09 bits per heavy atom. The molecule has 0 fully saturated rings. The molecule has 4 heteroatoms. The van der Waals surface area contributed by atoms with E-state index in [4.69, 9.17) is 0 Å². The van der Waals surface area contributed by atoms with Gasteiger partial charge in [0.05, 0.1) is 0 Å². The van der Waals surface area contributed by atoms with Crippen LogP contribution in [0.4, 0.5) is 0 Å². The Kier molecular flexibility index (Phi) is 6.18. The summed E-state index contributed by atoms with van der Waals surface area (Å²) in [6.45, 7) is 1.69. The minimum absolute atomic E-state index is 0.0595. The van der Waals surface area contributed by atoms with Crippen molar-refractivity contribution < 1.29 is 19.2 Å². The quantitative estimate of drug-likeness (QED) is 0.208. The summed E-state index contributed by atoms with van der Waals surface area (Å²) in [5.41, 5.74) is 0.689. The van der Waals surface area contributed by atoms with E-state index >= 15 is 0 Å². The lowest BCUT2D eigenvalue weighted by atomic mass is 9.84. The molecule has 0 saturated carbocycles. The fourth-order valence-corrected chi connectivity index (χ4v) is 3.94. The monoisotopic (exact) mass is 432 g/mol. The van der Waals surface area contributed by atoms with Gasteiger partial charge in [-0.25, -0.2) is 0 Å². The van der Waals surface area contributed by atoms with Gasteiger partial charge in [-0.3, -0.25) is 19.2 Å². The van der Waals surface area contributed by atoms with Crippen LogP contribution < -0.4 is 0 Å². The molecular formula is C29H20O4. The standard InChI is InChI=1S/C29H20O4/c1-2-9-25(31)24-17-16-21(18-30)26(27(24)28(32)20-11-4-3-5-12-20)29(33)23-15-8-13-19-10-6-7-14-22(19)23/h2-18H,1H3/b9-2+. The van der Waals surface area contributed by atoms with E-state index < -0.39 is 17.3 Å². The van der Waals surface area contributed by atoms with Gasteiger partial charge < -0.3 is 0 Å². The number of carbonyl (C=O) groups is 4. The average molecular weight is 432 g/mol. The number of rotatable bonds is 7. The molecular weight excluding hydrogens is 412 g/mol. The summed E-state index contributed by atoms with van der Waals surface area (Å²) < 4.78 is 0. The van der Waals surface area contributed by atoms with Crippen molar-refractivity contribution in [2.75, 3.05) is 0 Å². The molecule has 33 heavy (non-hydrogen) atoms. The molecule has 0 atom stereocenters. The Balaban J connectivity index is 2.05. The minimum Gasteiger partial charge on any atom is -0.298 e. The first-order chi connectivity index (χ1) is 16.1. The average Bonchev–Trinajstić information content (AvgIpc) is 2.87. The first kappa shape index (κ1) is 21.8. The zero-order valence-corrected chi connectivity index (χ0v) is 17.9. The van der Waals surface area contributed by atoms with Crippen LogP contribution in [0, 0.1) is 0 Å². The molecule has 0 aliphatic heterocycles. The lowest BCUT2D eigenvalue weighted by molar-refractivity contribution is 0.0990. The summed E-state index contributed by atoms with van der Waals surface area (Å²) in [5.74, 6) is -1.39. The van der Waals surface area contributed by atoms with Gasteiger partial charge in [-0.15, -0.1) is 0 Å². The fraction of sp³-hybridized carbons (Fsp3) is 0.0345. The number of carbonyl (C=O) groups excluding carboxylic acids is 4. The normalized spacial score (nSPS) is 10.9. The Hall–Kier alpha value is -4.44. The molecule has 0 unspecified atom stereocenters. The zero-order valence-electron chi connectivity index (χ0n) is 17.9. The van der Waals surface area contributed by atoms with E-state index in [-0.39, 0.29) is 22.3 Å². The maximum Gasteiger partial charge on any atom is 0.195 e. The highest BCUT2D eigenvalue weighted by molar-refractivity contribution is 6.28. The highest BCUT2D eigenvalue weighted by Crippen LogP contribution is 2.28. The molecule has 4 aromatic rings. The molecule has 0 saturated heterocycles. The molecule has 0 aliphatic rings. The van der Waals surface area contributed by atoms with Crippen LogP contribution in [0.3, 0.4) is 0 Å². The van der Waals surface area contributed by atoms with Crippen LogP contribution in [0.25, 0.3) is 10.8 Å². The van der Waals surface area contributed by atoms with Crippen molar-refractivity contribution in [3.63, 3.8) is 0 Å². The number of fused-ring (bicyclic) bond motifs is 1. The van der Waals surface area contributed by atoms with E-state index in [9.17, 15) is 19.2 Å². The van der Waals surface area contributed by atoms with Crippen molar-refractivity contribution in [2.24, 2.45) is 0 Å². The Bertz CT molecular complexity index is 1420. The van der Waals surface area contributed by atoms with E-state index in [0.29, 0.717) is 22.8 Å². The lowest BCUT2D eigenvalue weighted by Crippen LogP contribution is -2.18. The highest BCUT2D eigenvalue weighted by atomic mass is 16.1. The maximum absolute atomic E-state index is 13.9. The van der Waals surface area contributed by atoms with Crippen molar-refractivity contribution >= 4 is 34.4 Å². The predicted molar refractivity (Wildman–Crippen MR) is 128 cm³/mol. The smallest absolute Gasteiger partial charge is 0.195 e. The maximum atomic E-state index is 13.9. The second-order valence-corrected chi connectivity index (χ2v) is 7.49. The van der Waals surface area contributed by atoms with Gasteiger partial charge in [0.2, 0.25) is 0 Å². The van der Waals surface area contributed by atoms with E-state index in [1.54, 1.807) is 55.5 Å². The van der Waals surface area contributed by atoms with Crippen LogP contribution in [-0.2, 0) is 0 Å². The van der Waals surface area contributed by atoms with Crippen molar-refractivity contribution in [2.45, 2.75) is 6.92 Å². The number of benzene rings is 4. The molecule has 4 nitrogen and oxygen atoms in total. The van der Waals surface area contributed by atoms with Crippen molar-refractivity contribution in [1.82, 2.24) is 0 Å².